The summed E-state index contributed by atoms with van der Waals surface area (Å²) in [5.41, 5.74) is 0.0979. The van der Waals surface area contributed by atoms with Crippen molar-refractivity contribution < 1.29 is 17.9 Å². The number of morpholine rings is 1. The lowest BCUT2D eigenvalue weighted by atomic mass is 9.80. The van der Waals surface area contributed by atoms with Crippen LogP contribution < -0.4 is 10.6 Å². The average Bonchev–Trinajstić information content (AvgIpc) is 2.66. The SMILES string of the molecule is CCNC(=NCC1(N2CCOCC2)CCCCC1)NCCCCC(F)(F)F. The summed E-state index contributed by atoms with van der Waals surface area (Å²) >= 11 is 0. The third-order valence-electron chi connectivity index (χ3n) is 5.52. The molecule has 0 radical (unpaired) electrons. The second-order valence-electron chi connectivity index (χ2n) is 7.58. The van der Waals surface area contributed by atoms with Gasteiger partial charge >= 0.3 is 6.18 Å². The molecule has 2 N–H and O–H groups in total. The number of nitrogens with one attached hydrogen (secondary N) is 2. The van der Waals surface area contributed by atoms with Crippen molar-refractivity contribution in [3.63, 3.8) is 0 Å². The first-order chi connectivity index (χ1) is 13.0. The largest absolute Gasteiger partial charge is 0.389 e. The normalized spacial score (nSPS) is 21.9. The molecule has 0 amide bonds. The molecule has 1 aliphatic carbocycles. The molecule has 0 unspecified atom stereocenters. The summed E-state index contributed by atoms with van der Waals surface area (Å²) in [5, 5.41) is 6.42. The zero-order valence-electron chi connectivity index (χ0n) is 16.5. The Morgan fingerprint density at radius 3 is 2.41 bits per heavy atom. The van der Waals surface area contributed by atoms with Gasteiger partial charge < -0.3 is 15.4 Å². The molecule has 0 aromatic heterocycles. The fourth-order valence-corrected chi connectivity index (χ4v) is 4.05. The maximum Gasteiger partial charge on any atom is 0.389 e. The predicted octanol–water partition coefficient (Wildman–Crippen LogP) is 3.31. The molecule has 0 bridgehead atoms. The molecule has 2 rings (SSSR count). The van der Waals surface area contributed by atoms with E-state index in [4.69, 9.17) is 9.73 Å². The first-order valence-corrected chi connectivity index (χ1v) is 10.4. The zero-order valence-corrected chi connectivity index (χ0v) is 16.5. The first kappa shape index (κ1) is 22.3. The van der Waals surface area contributed by atoms with E-state index in [9.17, 15) is 13.2 Å². The van der Waals surface area contributed by atoms with E-state index in [1.54, 1.807) is 0 Å². The molecule has 1 aliphatic heterocycles. The van der Waals surface area contributed by atoms with Crippen molar-refractivity contribution in [1.82, 2.24) is 15.5 Å². The fraction of sp³-hybridized carbons (Fsp3) is 0.947. The van der Waals surface area contributed by atoms with Crippen molar-refractivity contribution in [1.29, 1.82) is 0 Å². The van der Waals surface area contributed by atoms with Gasteiger partial charge in [-0.15, -0.1) is 0 Å². The van der Waals surface area contributed by atoms with E-state index in [2.05, 4.69) is 15.5 Å². The number of halogens is 3. The molecule has 0 spiro atoms. The Morgan fingerprint density at radius 2 is 1.78 bits per heavy atom. The highest BCUT2D eigenvalue weighted by Crippen LogP contribution is 2.34. The first-order valence-electron chi connectivity index (χ1n) is 10.4. The minimum Gasteiger partial charge on any atom is -0.379 e. The average molecular weight is 393 g/mol. The molecule has 0 aromatic carbocycles. The molecule has 2 aliphatic rings. The van der Waals surface area contributed by atoms with Crippen molar-refractivity contribution >= 4 is 5.96 Å². The molecular weight excluding hydrogens is 357 g/mol. The van der Waals surface area contributed by atoms with E-state index in [1.165, 1.54) is 19.3 Å². The Balaban J connectivity index is 1.89. The van der Waals surface area contributed by atoms with E-state index in [0.717, 1.165) is 52.2 Å². The highest BCUT2D eigenvalue weighted by atomic mass is 19.4. The van der Waals surface area contributed by atoms with Crippen LogP contribution in [-0.4, -0.2) is 68.5 Å². The van der Waals surface area contributed by atoms with Crippen LogP contribution in [-0.2, 0) is 4.74 Å². The molecule has 8 heteroatoms. The smallest absolute Gasteiger partial charge is 0.379 e. The van der Waals surface area contributed by atoms with E-state index in [0.29, 0.717) is 18.9 Å². The third kappa shape index (κ3) is 7.86. The summed E-state index contributed by atoms with van der Waals surface area (Å²) in [6.07, 6.45) is 1.90. The molecule has 0 atom stereocenters. The molecule has 1 heterocycles. The van der Waals surface area contributed by atoms with Crippen LogP contribution in [0.2, 0.25) is 0 Å². The van der Waals surface area contributed by atoms with Gasteiger partial charge in [0.05, 0.1) is 19.8 Å². The lowest BCUT2D eigenvalue weighted by molar-refractivity contribution is -0.135. The van der Waals surface area contributed by atoms with Gasteiger partial charge in [0.1, 0.15) is 0 Å². The monoisotopic (exact) mass is 392 g/mol. The number of hydrogen-bond acceptors (Lipinski definition) is 3. The second kappa shape index (κ2) is 11.1. The van der Waals surface area contributed by atoms with Crippen molar-refractivity contribution in [2.45, 2.75) is 70.0 Å². The summed E-state index contributed by atoms with van der Waals surface area (Å²) in [6.45, 7) is 7.44. The minimum absolute atomic E-state index is 0.0979. The summed E-state index contributed by atoms with van der Waals surface area (Å²) in [5.74, 6) is 0.711. The second-order valence-corrected chi connectivity index (χ2v) is 7.58. The van der Waals surface area contributed by atoms with E-state index < -0.39 is 12.6 Å². The van der Waals surface area contributed by atoms with Crippen molar-refractivity contribution in [2.75, 3.05) is 45.9 Å². The molecule has 0 aromatic rings. The van der Waals surface area contributed by atoms with Gasteiger partial charge in [0.2, 0.25) is 0 Å². The number of rotatable bonds is 8. The number of unbranched alkanes of at least 4 members (excludes halogenated alkanes) is 1. The van der Waals surface area contributed by atoms with Gasteiger partial charge in [-0.2, -0.15) is 13.2 Å². The Bertz CT molecular complexity index is 445. The van der Waals surface area contributed by atoms with Crippen LogP contribution >= 0.6 is 0 Å². The maximum absolute atomic E-state index is 12.2. The lowest BCUT2D eigenvalue weighted by Gasteiger charge is -2.47. The Morgan fingerprint density at radius 1 is 1.07 bits per heavy atom. The number of nitrogens with zero attached hydrogens (tertiary/aromatic N) is 2. The van der Waals surface area contributed by atoms with Crippen LogP contribution in [0.1, 0.15) is 58.3 Å². The number of hydrogen-bond donors (Lipinski definition) is 2. The Kier molecular flexibility index (Phi) is 9.15. The molecular formula is C19H35F3N4O. The highest BCUT2D eigenvalue weighted by Gasteiger charge is 2.38. The van der Waals surface area contributed by atoms with E-state index in [-0.39, 0.29) is 12.0 Å². The van der Waals surface area contributed by atoms with Gasteiger partial charge in [0.25, 0.3) is 0 Å². The van der Waals surface area contributed by atoms with Gasteiger partial charge in [-0.05, 0) is 32.6 Å². The van der Waals surface area contributed by atoms with Gasteiger partial charge in [0.15, 0.2) is 5.96 Å². The van der Waals surface area contributed by atoms with E-state index in [1.807, 2.05) is 6.92 Å². The number of ether oxygens (including phenoxy) is 1. The highest BCUT2D eigenvalue weighted by molar-refractivity contribution is 5.79. The Hall–Kier alpha value is -1.02. The fourth-order valence-electron chi connectivity index (χ4n) is 4.05. The third-order valence-corrected chi connectivity index (χ3v) is 5.52. The van der Waals surface area contributed by atoms with Crippen molar-refractivity contribution in [3.05, 3.63) is 0 Å². The topological polar surface area (TPSA) is 48.9 Å². The molecule has 5 nitrogen and oxygen atoms in total. The van der Waals surface area contributed by atoms with Crippen LogP contribution in [0.5, 0.6) is 0 Å². The zero-order chi connectivity index (χ0) is 19.6. The van der Waals surface area contributed by atoms with Crippen molar-refractivity contribution in [3.8, 4) is 0 Å². The summed E-state index contributed by atoms with van der Waals surface area (Å²) in [7, 11) is 0. The summed E-state index contributed by atoms with van der Waals surface area (Å²) < 4.78 is 42.2. The molecule has 2 fully saturated rings. The predicted molar refractivity (Wildman–Crippen MR) is 102 cm³/mol. The van der Waals surface area contributed by atoms with Crippen LogP contribution in [0.15, 0.2) is 4.99 Å². The van der Waals surface area contributed by atoms with Gasteiger partial charge in [-0.3, -0.25) is 9.89 Å². The number of aliphatic imine (C=N–C) groups is 1. The summed E-state index contributed by atoms with van der Waals surface area (Å²) in [6, 6.07) is 0. The maximum atomic E-state index is 12.2. The van der Waals surface area contributed by atoms with E-state index >= 15 is 0 Å². The van der Waals surface area contributed by atoms with Crippen LogP contribution in [0.4, 0.5) is 13.2 Å². The standard InChI is InChI=1S/C19H35F3N4O/c1-2-23-17(24-11-7-6-10-19(20,21)22)25-16-18(8-4-3-5-9-18)26-12-14-27-15-13-26/h2-16H2,1H3,(H2,23,24,25). The quantitative estimate of drug-likeness (QED) is 0.378. The molecule has 1 saturated carbocycles. The summed E-state index contributed by atoms with van der Waals surface area (Å²) in [4.78, 5) is 7.37. The van der Waals surface area contributed by atoms with Gasteiger partial charge in [0, 0.05) is 38.1 Å². The minimum atomic E-state index is -4.07. The number of guanidine groups is 1. The van der Waals surface area contributed by atoms with Gasteiger partial charge in [-0.25, -0.2) is 0 Å². The molecule has 27 heavy (non-hydrogen) atoms. The Labute approximate surface area is 161 Å². The molecule has 158 valence electrons. The van der Waals surface area contributed by atoms with Crippen LogP contribution in [0, 0.1) is 0 Å². The lowest BCUT2D eigenvalue weighted by Crippen LogP contribution is -2.56. The van der Waals surface area contributed by atoms with Crippen LogP contribution in [0.3, 0.4) is 0 Å². The van der Waals surface area contributed by atoms with Crippen LogP contribution in [0.25, 0.3) is 0 Å². The molecule has 1 saturated heterocycles. The number of alkyl halides is 3. The van der Waals surface area contributed by atoms with Gasteiger partial charge in [-0.1, -0.05) is 19.3 Å². The van der Waals surface area contributed by atoms with Crippen molar-refractivity contribution in [2.24, 2.45) is 4.99 Å².